The van der Waals surface area contributed by atoms with Gasteiger partial charge in [-0.25, -0.2) is 0 Å². The molecule has 3 rings (SSSR count). The number of thioether (sulfide) groups is 1. The van der Waals surface area contributed by atoms with Gasteiger partial charge in [0.15, 0.2) is 5.16 Å². The van der Waals surface area contributed by atoms with Gasteiger partial charge in [-0.3, -0.25) is 9.36 Å². The number of aromatic nitrogens is 3. The molecule has 0 radical (unpaired) electrons. The minimum Gasteiger partial charge on any atom is -0.468 e. The van der Waals surface area contributed by atoms with E-state index in [9.17, 15) is 4.79 Å². The van der Waals surface area contributed by atoms with Crippen LogP contribution in [0.5, 0.6) is 0 Å². The van der Waals surface area contributed by atoms with E-state index in [1.165, 1.54) is 29.8 Å². The Morgan fingerprint density at radius 2 is 1.96 bits per heavy atom. The predicted molar refractivity (Wildman–Crippen MR) is 98.7 cm³/mol. The van der Waals surface area contributed by atoms with E-state index in [0.717, 1.165) is 17.5 Å². The number of fused-ring (bicyclic) bond motifs is 1. The van der Waals surface area contributed by atoms with Crippen LogP contribution in [0.1, 0.15) is 12.5 Å². The molecule has 124 valence electrons. The molecule has 3 aromatic rings. The zero-order valence-corrected chi connectivity index (χ0v) is 15.7. The lowest BCUT2D eigenvalue weighted by Gasteiger charge is -2.13. The molecular weight excluding hydrogens is 390 g/mol. The highest BCUT2D eigenvalue weighted by Crippen LogP contribution is 2.31. The smallest absolute Gasteiger partial charge is 0.316 e. The first-order valence-electron chi connectivity index (χ1n) is 7.47. The van der Waals surface area contributed by atoms with E-state index in [-0.39, 0.29) is 11.7 Å². The molecular formula is C17H16BrN3O2S. The molecule has 0 aliphatic carbocycles. The van der Waals surface area contributed by atoms with Crippen molar-refractivity contribution in [2.24, 2.45) is 0 Å². The minimum atomic E-state index is -0.295. The topological polar surface area (TPSA) is 57.0 Å². The third-order valence-corrected chi connectivity index (χ3v) is 5.17. The van der Waals surface area contributed by atoms with E-state index in [1.807, 2.05) is 16.7 Å². The van der Waals surface area contributed by atoms with Crippen molar-refractivity contribution in [3.05, 3.63) is 46.7 Å². The number of aryl methyl sites for hydroxylation is 1. The van der Waals surface area contributed by atoms with E-state index in [2.05, 4.69) is 57.3 Å². The molecule has 0 atom stereocenters. The third-order valence-electron chi connectivity index (χ3n) is 3.75. The van der Waals surface area contributed by atoms with Gasteiger partial charge in [-0.1, -0.05) is 49.0 Å². The molecule has 0 saturated carbocycles. The molecule has 0 bridgehead atoms. The maximum absolute atomic E-state index is 11.4. The molecule has 7 heteroatoms. The number of benzene rings is 2. The largest absolute Gasteiger partial charge is 0.468 e. The number of carbonyl (C=O) groups is 1. The van der Waals surface area contributed by atoms with Crippen LogP contribution in [-0.4, -0.2) is 33.6 Å². The van der Waals surface area contributed by atoms with Crippen LogP contribution in [0.25, 0.3) is 16.5 Å². The van der Waals surface area contributed by atoms with Gasteiger partial charge in [-0.15, -0.1) is 10.2 Å². The Hall–Kier alpha value is -1.86. The fourth-order valence-electron chi connectivity index (χ4n) is 2.58. The summed E-state index contributed by atoms with van der Waals surface area (Å²) in [7, 11) is 1.38. The molecule has 0 amide bonds. The first-order valence-corrected chi connectivity index (χ1v) is 9.25. The number of rotatable bonds is 5. The van der Waals surface area contributed by atoms with Gasteiger partial charge in [0, 0.05) is 5.39 Å². The summed E-state index contributed by atoms with van der Waals surface area (Å²) in [6.45, 7) is 2.15. The van der Waals surface area contributed by atoms with E-state index in [1.54, 1.807) is 0 Å². The number of hydrogen-bond acceptors (Lipinski definition) is 5. The van der Waals surface area contributed by atoms with Crippen LogP contribution in [0.4, 0.5) is 0 Å². The van der Waals surface area contributed by atoms with Gasteiger partial charge in [0.2, 0.25) is 4.73 Å². The Balaban J connectivity index is 2.11. The molecule has 0 unspecified atom stereocenters. The molecule has 0 fully saturated rings. The SMILES string of the molecule is CCc1ccc(-n2c(Br)nnc2SCC(=O)OC)c2ccccc12. The number of esters is 1. The summed E-state index contributed by atoms with van der Waals surface area (Å²) < 4.78 is 7.21. The van der Waals surface area contributed by atoms with E-state index in [0.29, 0.717) is 9.89 Å². The van der Waals surface area contributed by atoms with Gasteiger partial charge in [-0.2, -0.15) is 0 Å². The lowest BCUT2D eigenvalue weighted by atomic mass is 10.0. The van der Waals surface area contributed by atoms with Gasteiger partial charge in [0.1, 0.15) is 0 Å². The highest BCUT2D eigenvalue weighted by Gasteiger charge is 2.17. The maximum Gasteiger partial charge on any atom is 0.316 e. The first kappa shape index (κ1) is 17.0. The highest BCUT2D eigenvalue weighted by molar-refractivity contribution is 9.10. The Bertz CT molecular complexity index is 895. The van der Waals surface area contributed by atoms with E-state index < -0.39 is 0 Å². The van der Waals surface area contributed by atoms with Gasteiger partial charge in [0.25, 0.3) is 0 Å². The summed E-state index contributed by atoms with van der Waals surface area (Å²) in [5.41, 5.74) is 2.27. The molecule has 1 heterocycles. The highest BCUT2D eigenvalue weighted by atomic mass is 79.9. The number of hydrogen-bond donors (Lipinski definition) is 0. The fourth-order valence-corrected chi connectivity index (χ4v) is 3.91. The number of carbonyl (C=O) groups excluding carboxylic acids is 1. The Morgan fingerprint density at radius 3 is 2.67 bits per heavy atom. The van der Waals surface area contributed by atoms with Crippen molar-refractivity contribution < 1.29 is 9.53 Å². The fraction of sp³-hybridized carbons (Fsp3) is 0.235. The van der Waals surface area contributed by atoms with Crippen molar-refractivity contribution in [1.82, 2.24) is 14.8 Å². The molecule has 0 saturated heterocycles. The van der Waals surface area contributed by atoms with Crippen molar-refractivity contribution >= 4 is 44.4 Å². The summed E-state index contributed by atoms with van der Waals surface area (Å²) in [4.78, 5) is 11.4. The average molecular weight is 406 g/mol. The number of nitrogens with zero attached hydrogens (tertiary/aromatic N) is 3. The standard InChI is InChI=1S/C17H16BrN3O2S/c1-3-11-8-9-14(13-7-5-4-6-12(11)13)21-16(18)19-20-17(21)24-10-15(22)23-2/h4-9H,3,10H2,1-2H3. The summed E-state index contributed by atoms with van der Waals surface area (Å²) >= 11 is 4.76. The molecule has 1 aromatic heterocycles. The van der Waals surface area contributed by atoms with Crippen molar-refractivity contribution in [3.63, 3.8) is 0 Å². The zero-order valence-electron chi connectivity index (χ0n) is 13.3. The van der Waals surface area contributed by atoms with Crippen LogP contribution in [0.15, 0.2) is 46.3 Å². The maximum atomic E-state index is 11.4. The first-order chi connectivity index (χ1) is 11.7. The summed E-state index contributed by atoms with van der Waals surface area (Å²) in [6, 6.07) is 12.5. The lowest BCUT2D eigenvalue weighted by molar-refractivity contribution is -0.137. The molecule has 0 spiro atoms. The zero-order chi connectivity index (χ0) is 17.1. The lowest BCUT2D eigenvalue weighted by Crippen LogP contribution is -2.05. The molecule has 0 N–H and O–H groups in total. The number of methoxy groups -OCH3 is 1. The van der Waals surface area contributed by atoms with Crippen LogP contribution in [0, 0.1) is 0 Å². The van der Waals surface area contributed by atoms with Crippen LogP contribution in [0.3, 0.4) is 0 Å². The third kappa shape index (κ3) is 3.18. The van der Waals surface area contributed by atoms with Crippen molar-refractivity contribution in [3.8, 4) is 5.69 Å². The Kier molecular flexibility index (Phi) is 5.20. The van der Waals surface area contributed by atoms with Crippen molar-refractivity contribution in [2.75, 3.05) is 12.9 Å². The van der Waals surface area contributed by atoms with Crippen LogP contribution in [0.2, 0.25) is 0 Å². The van der Waals surface area contributed by atoms with Gasteiger partial charge in [-0.05, 0) is 39.4 Å². The molecule has 24 heavy (non-hydrogen) atoms. The monoisotopic (exact) mass is 405 g/mol. The van der Waals surface area contributed by atoms with Crippen LogP contribution < -0.4 is 0 Å². The molecule has 2 aromatic carbocycles. The number of ether oxygens (including phenoxy) is 1. The summed E-state index contributed by atoms with van der Waals surface area (Å²) in [5, 5.41) is 11.2. The number of halogens is 1. The molecule has 5 nitrogen and oxygen atoms in total. The van der Waals surface area contributed by atoms with Crippen LogP contribution >= 0.6 is 27.7 Å². The van der Waals surface area contributed by atoms with Crippen molar-refractivity contribution in [1.29, 1.82) is 0 Å². The van der Waals surface area contributed by atoms with Crippen molar-refractivity contribution in [2.45, 2.75) is 18.5 Å². The Labute approximate surface area is 152 Å². The normalized spacial score (nSPS) is 11.0. The van der Waals surface area contributed by atoms with Gasteiger partial charge >= 0.3 is 5.97 Å². The predicted octanol–water partition coefficient (Wildman–Crippen LogP) is 4.01. The molecule has 0 aliphatic heterocycles. The average Bonchev–Trinajstić information content (AvgIpc) is 2.99. The second kappa shape index (κ2) is 7.36. The van der Waals surface area contributed by atoms with E-state index >= 15 is 0 Å². The second-order valence-corrected chi connectivity index (χ2v) is 6.75. The molecule has 0 aliphatic rings. The summed E-state index contributed by atoms with van der Waals surface area (Å²) in [6.07, 6.45) is 0.966. The van der Waals surface area contributed by atoms with Gasteiger partial charge < -0.3 is 4.74 Å². The van der Waals surface area contributed by atoms with Gasteiger partial charge in [0.05, 0.1) is 18.6 Å². The quantitative estimate of drug-likeness (QED) is 0.474. The second-order valence-electron chi connectivity index (χ2n) is 5.09. The Morgan fingerprint density at radius 1 is 1.21 bits per heavy atom. The minimum absolute atomic E-state index is 0.187. The summed E-state index contributed by atoms with van der Waals surface area (Å²) in [5.74, 6) is -0.107. The van der Waals surface area contributed by atoms with Crippen LogP contribution in [-0.2, 0) is 16.0 Å². The van der Waals surface area contributed by atoms with E-state index in [4.69, 9.17) is 4.74 Å².